The van der Waals surface area contributed by atoms with Gasteiger partial charge in [-0.25, -0.2) is 4.39 Å². The molecule has 134 valence electrons. The van der Waals surface area contributed by atoms with Crippen molar-refractivity contribution in [2.24, 2.45) is 11.7 Å². The molecule has 1 amide bonds. The van der Waals surface area contributed by atoms with E-state index in [1.807, 2.05) is 11.8 Å². The predicted molar refractivity (Wildman–Crippen MR) is 93.5 cm³/mol. The molecule has 24 heavy (non-hydrogen) atoms. The van der Waals surface area contributed by atoms with E-state index in [2.05, 4.69) is 0 Å². The minimum atomic E-state index is -0.418. The molecule has 3 unspecified atom stereocenters. The van der Waals surface area contributed by atoms with E-state index in [0.29, 0.717) is 19.7 Å². The van der Waals surface area contributed by atoms with E-state index in [4.69, 9.17) is 10.5 Å². The summed E-state index contributed by atoms with van der Waals surface area (Å²) in [5, 5.41) is 0. The Kier molecular flexibility index (Phi) is 6.23. The maximum Gasteiger partial charge on any atom is 0.227 e. The number of carbonyl (C=O) groups is 1. The number of hydrogen-bond acceptors (Lipinski definition) is 3. The van der Waals surface area contributed by atoms with Crippen LogP contribution < -0.4 is 5.73 Å². The van der Waals surface area contributed by atoms with Crippen LogP contribution in [0.4, 0.5) is 4.39 Å². The summed E-state index contributed by atoms with van der Waals surface area (Å²) in [6, 6.07) is 6.30. The Balaban J connectivity index is 0.00000208. The summed E-state index contributed by atoms with van der Waals surface area (Å²) in [4.78, 5) is 14.8. The largest absolute Gasteiger partial charge is 0.370 e. The number of ether oxygens (including phenoxy) is 1. The first kappa shape index (κ1) is 19.2. The first-order valence-electron chi connectivity index (χ1n) is 8.42. The number of nitrogens with zero attached hydrogens (tertiary/aromatic N) is 1. The van der Waals surface area contributed by atoms with Gasteiger partial charge < -0.3 is 15.4 Å². The smallest absolute Gasteiger partial charge is 0.227 e. The Bertz CT molecular complexity index is 565. The quantitative estimate of drug-likeness (QED) is 0.886. The van der Waals surface area contributed by atoms with Gasteiger partial charge in [0.2, 0.25) is 5.91 Å². The molecule has 0 bridgehead atoms. The zero-order valence-electron chi connectivity index (χ0n) is 14.0. The van der Waals surface area contributed by atoms with Crippen LogP contribution in [0.15, 0.2) is 24.3 Å². The van der Waals surface area contributed by atoms with Gasteiger partial charge in [0.25, 0.3) is 0 Å². The lowest BCUT2D eigenvalue weighted by Gasteiger charge is -2.42. The molecule has 1 aromatic rings. The van der Waals surface area contributed by atoms with Gasteiger partial charge in [-0.2, -0.15) is 0 Å². The van der Waals surface area contributed by atoms with Crippen LogP contribution in [0.25, 0.3) is 0 Å². The fourth-order valence-corrected chi connectivity index (χ4v) is 3.71. The second-order valence-electron chi connectivity index (χ2n) is 7.00. The molecule has 6 heteroatoms. The Labute approximate surface area is 148 Å². The van der Waals surface area contributed by atoms with Crippen LogP contribution in [0.3, 0.4) is 0 Å². The maximum atomic E-state index is 13.1. The van der Waals surface area contributed by atoms with E-state index in [9.17, 15) is 9.18 Å². The van der Waals surface area contributed by atoms with Gasteiger partial charge in [0.15, 0.2) is 0 Å². The highest BCUT2D eigenvalue weighted by molar-refractivity contribution is 5.85. The van der Waals surface area contributed by atoms with Crippen molar-refractivity contribution in [2.45, 2.75) is 44.2 Å². The Morgan fingerprint density at radius 2 is 2.04 bits per heavy atom. The number of benzene rings is 1. The van der Waals surface area contributed by atoms with Crippen molar-refractivity contribution in [1.29, 1.82) is 0 Å². The number of carbonyl (C=O) groups excluding carboxylic acids is 1. The summed E-state index contributed by atoms with van der Waals surface area (Å²) in [5.41, 5.74) is 6.86. The number of nitrogens with two attached hydrogens (primary N) is 1. The zero-order chi connectivity index (χ0) is 16.4. The standard InChI is InChI=1S/C18H25FN2O2.ClH/c1-18(20)9-3-2-4-15(18)17(22)21-10-11-23-16(12-21)13-5-7-14(19)8-6-13;/h5-8,15-16H,2-4,9-12,20H2,1H3;1H. The predicted octanol–water partition coefficient (Wildman–Crippen LogP) is 3.06. The van der Waals surface area contributed by atoms with Crippen molar-refractivity contribution >= 4 is 18.3 Å². The lowest BCUT2D eigenvalue weighted by atomic mass is 9.74. The van der Waals surface area contributed by atoms with Crippen molar-refractivity contribution in [3.05, 3.63) is 35.6 Å². The SMILES string of the molecule is CC1(N)CCCCC1C(=O)N1CCOC(c2ccc(F)cc2)C1.Cl. The van der Waals surface area contributed by atoms with Gasteiger partial charge >= 0.3 is 0 Å². The van der Waals surface area contributed by atoms with E-state index in [-0.39, 0.29) is 36.2 Å². The Morgan fingerprint density at radius 1 is 1.33 bits per heavy atom. The monoisotopic (exact) mass is 356 g/mol. The minimum absolute atomic E-state index is 0. The molecule has 1 heterocycles. The van der Waals surface area contributed by atoms with Crippen molar-refractivity contribution in [3.63, 3.8) is 0 Å². The van der Waals surface area contributed by atoms with Crippen LogP contribution in [0.2, 0.25) is 0 Å². The summed E-state index contributed by atoms with van der Waals surface area (Å²) in [5.74, 6) is -0.230. The molecular weight excluding hydrogens is 331 g/mol. The van der Waals surface area contributed by atoms with Gasteiger partial charge in [0.05, 0.1) is 19.1 Å². The van der Waals surface area contributed by atoms with E-state index in [1.165, 1.54) is 12.1 Å². The molecule has 0 radical (unpaired) electrons. The summed E-state index contributed by atoms with van der Waals surface area (Å²) in [7, 11) is 0. The zero-order valence-corrected chi connectivity index (χ0v) is 14.9. The van der Waals surface area contributed by atoms with Crippen LogP contribution >= 0.6 is 12.4 Å². The molecule has 2 fully saturated rings. The van der Waals surface area contributed by atoms with Crippen molar-refractivity contribution in [3.8, 4) is 0 Å². The van der Waals surface area contributed by atoms with Gasteiger partial charge in [-0.05, 0) is 37.5 Å². The van der Waals surface area contributed by atoms with Gasteiger partial charge in [-0.1, -0.05) is 25.0 Å². The highest BCUT2D eigenvalue weighted by Gasteiger charge is 2.40. The van der Waals surface area contributed by atoms with E-state index in [0.717, 1.165) is 31.2 Å². The lowest BCUT2D eigenvalue weighted by molar-refractivity contribution is -0.146. The van der Waals surface area contributed by atoms with Crippen molar-refractivity contribution < 1.29 is 13.9 Å². The minimum Gasteiger partial charge on any atom is -0.370 e. The third-order valence-electron chi connectivity index (χ3n) is 5.17. The first-order valence-corrected chi connectivity index (χ1v) is 8.42. The second kappa shape index (κ2) is 7.81. The molecule has 0 aromatic heterocycles. The average molecular weight is 357 g/mol. The molecule has 3 atom stereocenters. The van der Waals surface area contributed by atoms with E-state index < -0.39 is 5.54 Å². The third-order valence-corrected chi connectivity index (χ3v) is 5.17. The first-order chi connectivity index (χ1) is 11.0. The topological polar surface area (TPSA) is 55.6 Å². The van der Waals surface area contributed by atoms with Gasteiger partial charge in [0.1, 0.15) is 11.9 Å². The normalized spacial score (nSPS) is 30.5. The van der Waals surface area contributed by atoms with Gasteiger partial charge in [-0.3, -0.25) is 4.79 Å². The summed E-state index contributed by atoms with van der Waals surface area (Å²) < 4.78 is 18.8. The highest BCUT2D eigenvalue weighted by atomic mass is 35.5. The van der Waals surface area contributed by atoms with Crippen LogP contribution in [-0.2, 0) is 9.53 Å². The van der Waals surface area contributed by atoms with Crippen LogP contribution in [0, 0.1) is 11.7 Å². The Hall–Kier alpha value is -1.17. The van der Waals surface area contributed by atoms with Crippen molar-refractivity contribution in [2.75, 3.05) is 19.7 Å². The second-order valence-corrected chi connectivity index (χ2v) is 7.00. The number of halogens is 2. The Morgan fingerprint density at radius 3 is 2.71 bits per heavy atom. The molecule has 0 spiro atoms. The van der Waals surface area contributed by atoms with E-state index in [1.54, 1.807) is 12.1 Å². The summed E-state index contributed by atoms with van der Waals surface area (Å²) >= 11 is 0. The summed E-state index contributed by atoms with van der Waals surface area (Å²) in [6.45, 7) is 3.61. The van der Waals surface area contributed by atoms with Gasteiger partial charge in [0, 0.05) is 12.1 Å². The summed E-state index contributed by atoms with van der Waals surface area (Å²) in [6.07, 6.45) is 3.73. The number of morpholine rings is 1. The molecule has 4 nitrogen and oxygen atoms in total. The van der Waals surface area contributed by atoms with Crippen LogP contribution in [0.1, 0.15) is 44.3 Å². The molecule has 2 N–H and O–H groups in total. The molecule has 1 aliphatic carbocycles. The molecule has 2 aliphatic rings. The van der Waals surface area contributed by atoms with Crippen molar-refractivity contribution in [1.82, 2.24) is 4.90 Å². The third kappa shape index (κ3) is 4.08. The average Bonchev–Trinajstić information content (AvgIpc) is 2.55. The lowest BCUT2D eigenvalue weighted by Crippen LogP contribution is -2.55. The fourth-order valence-electron chi connectivity index (χ4n) is 3.71. The van der Waals surface area contributed by atoms with Gasteiger partial charge in [-0.15, -0.1) is 12.4 Å². The number of hydrogen-bond donors (Lipinski definition) is 1. The molecule has 1 saturated carbocycles. The molecule has 1 aliphatic heterocycles. The van der Waals surface area contributed by atoms with Crippen LogP contribution in [0.5, 0.6) is 0 Å². The molecule has 1 saturated heterocycles. The fraction of sp³-hybridized carbons (Fsp3) is 0.611. The van der Waals surface area contributed by atoms with Crippen LogP contribution in [-0.4, -0.2) is 36.0 Å². The maximum absolute atomic E-state index is 13.1. The molecular formula is C18H26ClFN2O2. The van der Waals surface area contributed by atoms with E-state index >= 15 is 0 Å². The molecule has 3 rings (SSSR count). The highest BCUT2D eigenvalue weighted by Crippen LogP contribution is 2.34. The number of rotatable bonds is 2. The molecule has 1 aromatic carbocycles. The number of amides is 1.